The van der Waals surface area contributed by atoms with Crippen LogP contribution >= 0.6 is 11.6 Å². The van der Waals surface area contributed by atoms with Crippen LogP contribution in [0.1, 0.15) is 11.3 Å². The van der Waals surface area contributed by atoms with E-state index >= 15 is 0 Å². The van der Waals surface area contributed by atoms with Crippen molar-refractivity contribution in [1.82, 2.24) is 10.3 Å². The number of aromatic nitrogens is 1. The van der Waals surface area contributed by atoms with E-state index in [9.17, 15) is 4.39 Å². The van der Waals surface area contributed by atoms with Gasteiger partial charge in [0.05, 0.1) is 5.02 Å². The van der Waals surface area contributed by atoms with E-state index in [2.05, 4.69) is 16.4 Å². The van der Waals surface area contributed by atoms with Gasteiger partial charge < -0.3 is 10.3 Å². The first kappa shape index (κ1) is 12.1. The number of H-pyrrole nitrogens is 1. The Kier molecular flexibility index (Phi) is 3.50. The van der Waals surface area contributed by atoms with Crippen molar-refractivity contribution in [3.63, 3.8) is 0 Å². The maximum Gasteiger partial charge on any atom is 0.141 e. The van der Waals surface area contributed by atoms with E-state index in [1.54, 1.807) is 12.1 Å². The fraction of sp³-hybridized carbons (Fsp3) is 0.231. The summed E-state index contributed by atoms with van der Waals surface area (Å²) in [5, 5.41) is 3.25. The molecule has 1 heterocycles. The van der Waals surface area contributed by atoms with Crippen LogP contribution in [0, 0.1) is 12.7 Å². The lowest BCUT2D eigenvalue weighted by Gasteiger charge is -1.99. The zero-order valence-corrected chi connectivity index (χ0v) is 10.5. The minimum atomic E-state index is -0.394. The van der Waals surface area contributed by atoms with Gasteiger partial charge in [0.25, 0.3) is 0 Å². The molecular formula is C13H14ClFN2. The van der Waals surface area contributed by atoms with Gasteiger partial charge in [-0.25, -0.2) is 4.39 Å². The Labute approximate surface area is 105 Å². The molecule has 2 aromatic rings. The van der Waals surface area contributed by atoms with Crippen molar-refractivity contribution in [2.45, 2.75) is 13.5 Å². The standard InChI is InChI=1S/C13H14ClFN2/c1-8-10(7-16-2)6-13(17-8)9-3-4-12(15)11(14)5-9/h3-6,16-17H,7H2,1-2H3. The van der Waals surface area contributed by atoms with Crippen LogP contribution in [-0.2, 0) is 6.54 Å². The number of aryl methyl sites for hydroxylation is 1. The molecule has 0 spiro atoms. The SMILES string of the molecule is CNCc1cc(-c2ccc(F)c(Cl)c2)[nH]c1C. The summed E-state index contributed by atoms with van der Waals surface area (Å²) in [5.41, 5.74) is 4.15. The van der Waals surface area contributed by atoms with E-state index in [0.29, 0.717) is 0 Å². The van der Waals surface area contributed by atoms with Crippen molar-refractivity contribution in [3.8, 4) is 11.3 Å². The minimum absolute atomic E-state index is 0.143. The average molecular weight is 253 g/mol. The summed E-state index contributed by atoms with van der Waals surface area (Å²) in [6.07, 6.45) is 0. The number of halogens is 2. The Morgan fingerprint density at radius 1 is 1.35 bits per heavy atom. The van der Waals surface area contributed by atoms with Gasteiger partial charge in [0.1, 0.15) is 5.82 Å². The zero-order valence-electron chi connectivity index (χ0n) is 9.77. The van der Waals surface area contributed by atoms with Crippen molar-refractivity contribution in [3.05, 3.63) is 46.4 Å². The van der Waals surface area contributed by atoms with Crippen molar-refractivity contribution in [2.75, 3.05) is 7.05 Å². The van der Waals surface area contributed by atoms with Gasteiger partial charge >= 0.3 is 0 Å². The van der Waals surface area contributed by atoms with Gasteiger partial charge in [-0.1, -0.05) is 11.6 Å². The second kappa shape index (κ2) is 4.90. The van der Waals surface area contributed by atoms with Gasteiger partial charge in [0.15, 0.2) is 0 Å². The predicted octanol–water partition coefficient (Wildman–Crippen LogP) is 3.50. The number of hydrogen-bond donors (Lipinski definition) is 2. The number of nitrogens with one attached hydrogen (secondary N) is 2. The van der Waals surface area contributed by atoms with E-state index < -0.39 is 5.82 Å². The van der Waals surface area contributed by atoms with E-state index in [-0.39, 0.29) is 5.02 Å². The normalized spacial score (nSPS) is 10.8. The van der Waals surface area contributed by atoms with Gasteiger partial charge in [0, 0.05) is 17.9 Å². The zero-order chi connectivity index (χ0) is 12.4. The summed E-state index contributed by atoms with van der Waals surface area (Å²) >= 11 is 5.77. The molecule has 0 unspecified atom stereocenters. The topological polar surface area (TPSA) is 27.8 Å². The first-order valence-electron chi connectivity index (χ1n) is 5.40. The molecule has 0 amide bonds. The molecule has 90 valence electrons. The van der Waals surface area contributed by atoms with Crippen LogP contribution in [-0.4, -0.2) is 12.0 Å². The first-order valence-corrected chi connectivity index (χ1v) is 5.78. The highest BCUT2D eigenvalue weighted by Gasteiger charge is 2.07. The summed E-state index contributed by atoms with van der Waals surface area (Å²) in [5.74, 6) is -0.394. The van der Waals surface area contributed by atoms with Crippen LogP contribution in [0.4, 0.5) is 4.39 Å². The fourth-order valence-corrected chi connectivity index (χ4v) is 1.97. The quantitative estimate of drug-likeness (QED) is 0.860. The third-order valence-corrected chi connectivity index (χ3v) is 3.01. The Morgan fingerprint density at radius 3 is 2.76 bits per heavy atom. The van der Waals surface area contributed by atoms with Gasteiger partial charge in [-0.05, 0) is 49.4 Å². The molecule has 17 heavy (non-hydrogen) atoms. The van der Waals surface area contributed by atoms with Crippen LogP contribution < -0.4 is 5.32 Å². The fourth-order valence-electron chi connectivity index (χ4n) is 1.79. The molecule has 0 bridgehead atoms. The lowest BCUT2D eigenvalue weighted by molar-refractivity contribution is 0.628. The molecule has 0 aliphatic heterocycles. The Bertz CT molecular complexity index is 534. The van der Waals surface area contributed by atoms with Crippen molar-refractivity contribution < 1.29 is 4.39 Å². The largest absolute Gasteiger partial charge is 0.358 e. The first-order chi connectivity index (χ1) is 8.11. The molecule has 2 nitrogen and oxygen atoms in total. The van der Waals surface area contributed by atoms with Crippen LogP contribution in [0.15, 0.2) is 24.3 Å². The molecular weight excluding hydrogens is 239 g/mol. The lowest BCUT2D eigenvalue weighted by Crippen LogP contribution is -2.04. The number of aromatic amines is 1. The molecule has 1 aromatic heterocycles. The Balaban J connectivity index is 2.39. The molecule has 2 N–H and O–H groups in total. The Hall–Kier alpha value is -1.32. The highest BCUT2D eigenvalue weighted by Crippen LogP contribution is 2.26. The highest BCUT2D eigenvalue weighted by atomic mass is 35.5. The Morgan fingerprint density at radius 2 is 2.12 bits per heavy atom. The molecule has 0 fully saturated rings. The molecule has 0 aliphatic rings. The van der Waals surface area contributed by atoms with Crippen molar-refractivity contribution in [2.24, 2.45) is 0 Å². The summed E-state index contributed by atoms with van der Waals surface area (Å²) in [4.78, 5) is 3.27. The summed E-state index contributed by atoms with van der Waals surface area (Å²) in [7, 11) is 1.90. The van der Waals surface area contributed by atoms with Crippen molar-refractivity contribution >= 4 is 11.6 Å². The van der Waals surface area contributed by atoms with E-state index in [1.165, 1.54) is 11.6 Å². The van der Waals surface area contributed by atoms with Gasteiger partial charge in [-0.3, -0.25) is 0 Å². The molecule has 0 atom stereocenters. The molecule has 0 aliphatic carbocycles. The molecule has 2 rings (SSSR count). The predicted molar refractivity (Wildman–Crippen MR) is 68.7 cm³/mol. The van der Waals surface area contributed by atoms with Crippen molar-refractivity contribution in [1.29, 1.82) is 0 Å². The van der Waals surface area contributed by atoms with Gasteiger partial charge in [-0.15, -0.1) is 0 Å². The second-order valence-corrected chi connectivity index (χ2v) is 4.40. The molecule has 4 heteroatoms. The summed E-state index contributed by atoms with van der Waals surface area (Å²) in [6, 6.07) is 6.78. The molecule has 0 radical (unpaired) electrons. The van der Waals surface area contributed by atoms with E-state index in [1.807, 2.05) is 14.0 Å². The molecule has 0 saturated carbocycles. The van der Waals surface area contributed by atoms with Crippen LogP contribution in [0.5, 0.6) is 0 Å². The monoisotopic (exact) mass is 252 g/mol. The number of benzene rings is 1. The third-order valence-electron chi connectivity index (χ3n) is 2.72. The van der Waals surface area contributed by atoms with Crippen LogP contribution in [0.25, 0.3) is 11.3 Å². The summed E-state index contributed by atoms with van der Waals surface area (Å²) in [6.45, 7) is 2.82. The van der Waals surface area contributed by atoms with Crippen LogP contribution in [0.3, 0.4) is 0 Å². The molecule has 0 saturated heterocycles. The second-order valence-electron chi connectivity index (χ2n) is 3.99. The average Bonchev–Trinajstić information content (AvgIpc) is 2.65. The lowest BCUT2D eigenvalue weighted by atomic mass is 10.1. The van der Waals surface area contributed by atoms with Crippen LogP contribution in [0.2, 0.25) is 5.02 Å². The highest BCUT2D eigenvalue weighted by molar-refractivity contribution is 6.31. The van der Waals surface area contributed by atoms with E-state index in [4.69, 9.17) is 11.6 Å². The third kappa shape index (κ3) is 2.51. The summed E-state index contributed by atoms with van der Waals surface area (Å²) < 4.78 is 13.1. The maximum absolute atomic E-state index is 13.1. The number of rotatable bonds is 3. The smallest absolute Gasteiger partial charge is 0.141 e. The maximum atomic E-state index is 13.1. The minimum Gasteiger partial charge on any atom is -0.358 e. The van der Waals surface area contributed by atoms with E-state index in [0.717, 1.165) is 23.5 Å². The van der Waals surface area contributed by atoms with Gasteiger partial charge in [0.2, 0.25) is 0 Å². The van der Waals surface area contributed by atoms with Gasteiger partial charge in [-0.2, -0.15) is 0 Å². The number of hydrogen-bond acceptors (Lipinski definition) is 1. The molecule has 1 aromatic carbocycles.